The van der Waals surface area contributed by atoms with Crippen molar-refractivity contribution in [1.29, 1.82) is 0 Å². The lowest BCUT2D eigenvalue weighted by atomic mass is 10.2. The fraction of sp³-hybridized carbons (Fsp3) is 0.458. The van der Waals surface area contributed by atoms with E-state index in [-0.39, 0.29) is 17.9 Å². The van der Waals surface area contributed by atoms with Crippen molar-refractivity contribution >= 4 is 16.0 Å². The summed E-state index contributed by atoms with van der Waals surface area (Å²) in [4.78, 5) is 17.4. The van der Waals surface area contributed by atoms with E-state index in [0.29, 0.717) is 23.2 Å². The van der Waals surface area contributed by atoms with Crippen molar-refractivity contribution in [2.45, 2.75) is 58.1 Å². The molecule has 1 N–H and O–H groups in total. The fourth-order valence-corrected chi connectivity index (χ4v) is 5.05. The Bertz CT molecular complexity index is 1520. The lowest BCUT2D eigenvalue weighted by molar-refractivity contribution is 0.00152. The number of nitrogens with one attached hydrogen (secondary N) is 1. The molecule has 2 unspecified atom stereocenters. The first-order chi connectivity index (χ1) is 18.5. The van der Waals surface area contributed by atoms with Crippen LogP contribution in [0.15, 0.2) is 36.9 Å². The average Bonchev–Trinajstić information content (AvgIpc) is 3.52. The van der Waals surface area contributed by atoms with Crippen molar-refractivity contribution in [2.24, 2.45) is 7.05 Å². The molecule has 4 heterocycles. The van der Waals surface area contributed by atoms with E-state index in [2.05, 4.69) is 40.0 Å². The molecule has 0 saturated carbocycles. The number of aryl methyl sites for hydroxylation is 2. The van der Waals surface area contributed by atoms with E-state index in [1.807, 2.05) is 27.7 Å². The molecule has 0 aliphatic heterocycles. The first-order valence-corrected chi connectivity index (χ1v) is 13.8. The maximum Gasteiger partial charge on any atom is 0.240 e. The predicted octanol–water partition coefficient (Wildman–Crippen LogP) is 2.48. The van der Waals surface area contributed by atoms with E-state index in [0.717, 1.165) is 5.56 Å². The van der Waals surface area contributed by atoms with Gasteiger partial charge in [-0.1, -0.05) is 6.07 Å². The Labute approximate surface area is 226 Å². The van der Waals surface area contributed by atoms with Crippen LogP contribution in [0.2, 0.25) is 0 Å². The molecule has 4 aromatic rings. The van der Waals surface area contributed by atoms with Gasteiger partial charge in [-0.3, -0.25) is 14.0 Å². The van der Waals surface area contributed by atoms with Gasteiger partial charge in [-0.2, -0.15) is 5.10 Å². The van der Waals surface area contributed by atoms with Gasteiger partial charge in [-0.25, -0.2) is 28.4 Å². The zero-order chi connectivity index (χ0) is 28.3. The maximum absolute atomic E-state index is 13.7. The molecule has 0 aromatic carbocycles. The van der Waals surface area contributed by atoms with Crippen molar-refractivity contribution in [2.75, 3.05) is 11.8 Å². The summed E-state index contributed by atoms with van der Waals surface area (Å²) in [5.41, 5.74) is 1.28. The lowest BCUT2D eigenvalue weighted by Gasteiger charge is -2.26. The van der Waals surface area contributed by atoms with Gasteiger partial charge in [0.1, 0.15) is 29.2 Å². The summed E-state index contributed by atoms with van der Waals surface area (Å²) in [5.74, 6) is 1.48. The van der Waals surface area contributed by atoms with E-state index in [1.165, 1.54) is 20.4 Å². The first kappa shape index (κ1) is 28.0. The van der Waals surface area contributed by atoms with E-state index >= 15 is 0 Å². The molecular formula is C24H32N10O4S. The van der Waals surface area contributed by atoms with Gasteiger partial charge in [-0.05, 0) is 46.2 Å². The number of aromatic nitrogens is 9. The van der Waals surface area contributed by atoms with Crippen LogP contribution < -0.4 is 9.46 Å². The molecule has 14 nitrogen and oxygen atoms in total. The number of pyridine rings is 1. The Kier molecular flexibility index (Phi) is 8.20. The number of rotatable bonds is 11. The van der Waals surface area contributed by atoms with Crippen molar-refractivity contribution < 1.29 is 17.9 Å². The van der Waals surface area contributed by atoms with Crippen molar-refractivity contribution in [3.8, 4) is 17.4 Å². The molecule has 4 rings (SSSR count). The quantitative estimate of drug-likeness (QED) is 0.288. The second-order valence-corrected chi connectivity index (χ2v) is 11.3. The third-order valence-corrected chi connectivity index (χ3v) is 7.68. The number of sulfonamides is 1. The molecule has 0 radical (unpaired) electrons. The topological polar surface area (TPSA) is 165 Å². The van der Waals surface area contributed by atoms with Crippen LogP contribution in [0.5, 0.6) is 5.88 Å². The Morgan fingerprint density at radius 1 is 1.03 bits per heavy atom. The summed E-state index contributed by atoms with van der Waals surface area (Å²) in [6.07, 6.45) is 3.45. The van der Waals surface area contributed by atoms with Crippen LogP contribution in [0.4, 0.5) is 5.95 Å². The second-order valence-electron chi connectivity index (χ2n) is 9.28. The predicted molar refractivity (Wildman–Crippen MR) is 142 cm³/mol. The molecule has 15 heteroatoms. The zero-order valence-corrected chi connectivity index (χ0v) is 23.7. The Morgan fingerprint density at radius 2 is 1.74 bits per heavy atom. The summed E-state index contributed by atoms with van der Waals surface area (Å²) in [6, 6.07) is 4.67. The molecule has 4 aromatic heterocycles. The molecule has 0 aliphatic rings. The van der Waals surface area contributed by atoms with Gasteiger partial charge in [0.25, 0.3) is 0 Å². The highest BCUT2D eigenvalue weighted by Crippen LogP contribution is 2.31. The molecule has 0 saturated heterocycles. The Morgan fingerprint density at radius 3 is 2.36 bits per heavy atom. The summed E-state index contributed by atoms with van der Waals surface area (Å²) in [5, 5.41) is 11.5. The third-order valence-electron chi connectivity index (χ3n) is 5.99. The van der Waals surface area contributed by atoms with E-state index in [1.54, 1.807) is 46.9 Å². The van der Waals surface area contributed by atoms with E-state index in [9.17, 15) is 8.42 Å². The smallest absolute Gasteiger partial charge is 0.240 e. The van der Waals surface area contributed by atoms with E-state index < -0.39 is 27.4 Å². The van der Waals surface area contributed by atoms with Gasteiger partial charge in [0.05, 0.1) is 19.3 Å². The molecule has 208 valence electrons. The van der Waals surface area contributed by atoms with Gasteiger partial charge in [0.15, 0.2) is 11.6 Å². The standard InChI is InChI=1S/C24H32N10O4S/c1-14(2)38-20(21-25-11-15(3)12-26-21)17(5)39(35,36)32-24-31-30-23(18-9-8-10-19(29-18)37-7)34(24)16(4)22-27-13-28-33(22)6/h8-14,16-17,20H,1-7H3,(H,31,32)/t16-,17?,20?/m0/s1. The number of nitrogens with zero attached hydrogens (tertiary/aromatic N) is 9. The van der Waals surface area contributed by atoms with Gasteiger partial charge >= 0.3 is 0 Å². The number of anilines is 1. The molecule has 0 aliphatic carbocycles. The second kappa shape index (κ2) is 11.4. The van der Waals surface area contributed by atoms with Crippen molar-refractivity contribution in [3.63, 3.8) is 0 Å². The minimum atomic E-state index is -4.10. The van der Waals surface area contributed by atoms with Gasteiger partial charge in [0.2, 0.25) is 21.9 Å². The fourth-order valence-electron chi connectivity index (χ4n) is 3.96. The largest absolute Gasteiger partial charge is 0.481 e. The minimum Gasteiger partial charge on any atom is -0.481 e. The zero-order valence-electron chi connectivity index (χ0n) is 22.8. The summed E-state index contributed by atoms with van der Waals surface area (Å²) < 4.78 is 44.5. The minimum absolute atomic E-state index is 0.0231. The van der Waals surface area contributed by atoms with Crippen molar-refractivity contribution in [3.05, 3.63) is 54.1 Å². The van der Waals surface area contributed by atoms with Crippen LogP contribution in [-0.4, -0.2) is 71.4 Å². The molecular weight excluding hydrogens is 524 g/mol. The lowest BCUT2D eigenvalue weighted by Crippen LogP contribution is -2.35. The first-order valence-electron chi connectivity index (χ1n) is 12.3. The summed E-state index contributed by atoms with van der Waals surface area (Å²) in [6.45, 7) is 8.86. The van der Waals surface area contributed by atoms with Gasteiger partial charge in [-0.15, -0.1) is 10.2 Å². The van der Waals surface area contributed by atoms with Crippen LogP contribution in [0.25, 0.3) is 11.5 Å². The van der Waals surface area contributed by atoms with Crippen LogP contribution in [0.1, 0.15) is 57.1 Å². The van der Waals surface area contributed by atoms with Gasteiger partial charge < -0.3 is 9.47 Å². The van der Waals surface area contributed by atoms with Crippen LogP contribution in [0, 0.1) is 6.92 Å². The molecule has 39 heavy (non-hydrogen) atoms. The average molecular weight is 557 g/mol. The summed E-state index contributed by atoms with van der Waals surface area (Å²) in [7, 11) is -0.848. The Balaban J connectivity index is 1.76. The third kappa shape index (κ3) is 6.04. The number of ether oxygens (including phenoxy) is 2. The van der Waals surface area contributed by atoms with Crippen LogP contribution >= 0.6 is 0 Å². The van der Waals surface area contributed by atoms with Crippen LogP contribution in [-0.2, 0) is 21.8 Å². The highest BCUT2D eigenvalue weighted by Gasteiger charge is 2.36. The number of hydrogen-bond acceptors (Lipinski definition) is 11. The van der Waals surface area contributed by atoms with Crippen molar-refractivity contribution in [1.82, 2.24) is 44.5 Å². The summed E-state index contributed by atoms with van der Waals surface area (Å²) >= 11 is 0. The molecule has 0 bridgehead atoms. The molecule has 0 fully saturated rings. The Hall–Kier alpha value is -3.98. The maximum atomic E-state index is 13.7. The highest BCUT2D eigenvalue weighted by molar-refractivity contribution is 7.93. The molecule has 0 amide bonds. The highest BCUT2D eigenvalue weighted by atomic mass is 32.2. The molecule has 3 atom stereocenters. The number of hydrogen-bond donors (Lipinski definition) is 1. The monoisotopic (exact) mass is 556 g/mol. The molecule has 0 spiro atoms. The SMILES string of the molecule is COc1cccc(-c2nnc(NS(=O)(=O)C(C)C(OC(C)C)c3ncc(C)cn3)n2[C@@H](C)c2ncnn2C)n1. The number of methoxy groups -OCH3 is 1. The normalized spacial score (nSPS) is 14.3. The van der Waals surface area contributed by atoms with E-state index in [4.69, 9.17) is 9.47 Å². The van der Waals surface area contributed by atoms with Gasteiger partial charge in [0, 0.05) is 25.5 Å². The van der Waals surface area contributed by atoms with Crippen LogP contribution in [0.3, 0.4) is 0 Å².